The monoisotopic (exact) mass is 707 g/mol. The summed E-state index contributed by atoms with van der Waals surface area (Å²) in [5.41, 5.74) is 1.13. The van der Waals surface area contributed by atoms with Crippen molar-refractivity contribution in [1.29, 1.82) is 0 Å². The zero-order chi connectivity index (χ0) is 35.1. The van der Waals surface area contributed by atoms with E-state index in [0.29, 0.717) is 32.1 Å². The number of amides is 4. The number of sulfonamides is 1. The Morgan fingerprint density at radius 2 is 1.90 bits per heavy atom. The molecule has 0 aromatic heterocycles. The summed E-state index contributed by atoms with van der Waals surface area (Å²) in [7, 11) is -3.98. The first-order valence-corrected chi connectivity index (χ1v) is 18.1. The van der Waals surface area contributed by atoms with Crippen molar-refractivity contribution in [2.24, 2.45) is 5.92 Å². The third-order valence-electron chi connectivity index (χ3n) is 9.91. The van der Waals surface area contributed by atoms with Gasteiger partial charge in [0.05, 0.1) is 18.3 Å². The summed E-state index contributed by atoms with van der Waals surface area (Å²) >= 11 is 0. The van der Waals surface area contributed by atoms with Gasteiger partial charge >= 0.3 is 12.3 Å². The highest BCUT2D eigenvalue weighted by atomic mass is 32.2. The van der Waals surface area contributed by atoms with Gasteiger partial charge in [-0.25, -0.2) is 13.2 Å². The Balaban J connectivity index is 1.25. The number of hydrogen-bond donors (Lipinski definition) is 3. The molecule has 3 heterocycles. The fourth-order valence-electron chi connectivity index (χ4n) is 6.87. The molecule has 5 aliphatic rings. The lowest BCUT2D eigenvalue weighted by atomic mass is 10.0. The second-order valence-electron chi connectivity index (χ2n) is 13.5. The summed E-state index contributed by atoms with van der Waals surface area (Å²) in [5, 5.41) is 4.13. The Bertz CT molecular complexity index is 1660. The van der Waals surface area contributed by atoms with Gasteiger partial charge in [-0.1, -0.05) is 42.8 Å². The summed E-state index contributed by atoms with van der Waals surface area (Å²) in [5.74, 6) is -4.03. The number of halogens is 3. The molecule has 0 unspecified atom stereocenters. The first-order valence-electron chi connectivity index (χ1n) is 16.6. The Labute approximate surface area is 282 Å². The van der Waals surface area contributed by atoms with Crippen LogP contribution >= 0.6 is 0 Å². The molecule has 1 saturated heterocycles. The highest BCUT2D eigenvalue weighted by Crippen LogP contribution is 2.45. The van der Waals surface area contributed by atoms with Crippen LogP contribution in [0.15, 0.2) is 36.9 Å². The minimum atomic E-state index is -5.00. The molecular formula is C33H40F3N5O7S. The van der Waals surface area contributed by atoms with Gasteiger partial charge in [-0.3, -0.25) is 29.3 Å². The van der Waals surface area contributed by atoms with Crippen LogP contribution in [0.4, 0.5) is 18.0 Å². The SMILES string of the molecule is C=C[C@@H]1C[C@]1(NC(=O)[C@@H]1C[C@@H]2CN1C(=O)[C@H](C(F)(F)F)NCCCCC/C=C/c1cccc3c1CN(C3)C(=O)O2)C(=O)NS(=O)(=O)C1CC1. The van der Waals surface area contributed by atoms with Crippen molar-refractivity contribution in [3.63, 3.8) is 0 Å². The number of nitrogens with one attached hydrogen (secondary N) is 3. The molecule has 1 aromatic carbocycles. The molecule has 266 valence electrons. The lowest BCUT2D eigenvalue weighted by Crippen LogP contribution is -2.60. The second-order valence-corrected chi connectivity index (χ2v) is 15.4. The number of fused-ring (bicyclic) bond motifs is 3. The Kier molecular flexibility index (Phi) is 9.56. The quantitative estimate of drug-likeness (QED) is 0.382. The molecule has 5 atom stereocenters. The molecule has 0 spiro atoms. The molecule has 16 heteroatoms. The summed E-state index contributed by atoms with van der Waals surface area (Å²) in [6.07, 6.45) is 1.31. The van der Waals surface area contributed by atoms with Crippen LogP contribution in [-0.2, 0) is 42.2 Å². The van der Waals surface area contributed by atoms with Gasteiger partial charge in [-0.05, 0) is 61.8 Å². The molecule has 2 saturated carbocycles. The second kappa shape index (κ2) is 13.4. The van der Waals surface area contributed by atoms with Gasteiger partial charge in [-0.15, -0.1) is 6.58 Å². The molecule has 3 fully saturated rings. The van der Waals surface area contributed by atoms with Crippen LogP contribution in [0.1, 0.15) is 68.1 Å². The third-order valence-corrected chi connectivity index (χ3v) is 11.7. The van der Waals surface area contributed by atoms with E-state index in [4.69, 9.17) is 4.74 Å². The minimum Gasteiger partial charge on any atom is -0.444 e. The average molecular weight is 708 g/mol. The molecule has 4 amide bonds. The van der Waals surface area contributed by atoms with E-state index < -0.39 is 81.5 Å². The van der Waals surface area contributed by atoms with Crippen LogP contribution in [0.3, 0.4) is 0 Å². The van der Waals surface area contributed by atoms with E-state index in [0.717, 1.165) is 28.0 Å². The molecule has 3 N–H and O–H groups in total. The van der Waals surface area contributed by atoms with Gasteiger partial charge in [-0.2, -0.15) is 13.2 Å². The predicted molar refractivity (Wildman–Crippen MR) is 171 cm³/mol. The highest BCUT2D eigenvalue weighted by Gasteiger charge is 2.62. The number of benzene rings is 1. The number of carbonyl (C=O) groups excluding carboxylic acids is 4. The number of rotatable bonds is 6. The maximum Gasteiger partial charge on any atom is 0.412 e. The lowest BCUT2D eigenvalue weighted by Gasteiger charge is -2.30. The van der Waals surface area contributed by atoms with Crippen molar-refractivity contribution < 1.29 is 45.5 Å². The molecule has 2 aliphatic carbocycles. The van der Waals surface area contributed by atoms with Crippen LogP contribution in [-0.4, -0.2) is 90.3 Å². The average Bonchev–Trinajstić information content (AvgIpc) is 3.93. The van der Waals surface area contributed by atoms with E-state index >= 15 is 0 Å². The largest absolute Gasteiger partial charge is 0.444 e. The number of nitrogens with zero attached hydrogens (tertiary/aromatic N) is 2. The number of alkyl halides is 3. The van der Waals surface area contributed by atoms with Gasteiger partial charge in [0.1, 0.15) is 17.7 Å². The van der Waals surface area contributed by atoms with Crippen molar-refractivity contribution >= 4 is 39.9 Å². The molecule has 4 bridgehead atoms. The summed E-state index contributed by atoms with van der Waals surface area (Å²) in [6, 6.07) is 1.57. The Hall–Kier alpha value is -3.92. The van der Waals surface area contributed by atoms with E-state index in [-0.39, 0.29) is 32.5 Å². The van der Waals surface area contributed by atoms with Crippen LogP contribution in [0.5, 0.6) is 0 Å². The standard InChI is InChI=1S/C33H40F3N5O7S/c1-2-22-16-32(22,30(44)39-49(46,47)24-12-13-24)38-28(42)26-15-23-18-41(26)29(43)27(33(34,35)36)37-14-7-5-3-4-6-9-20-10-8-11-21-17-40(19-25(20)21)31(45)48-23/h2,6,8-11,22-24,26-27,37H,1,3-5,7,12-19H2,(H,38,42)(H,39,44)/b9-6+/t22-,23-,26+,27-,32-/m1/s1. The van der Waals surface area contributed by atoms with Crippen molar-refractivity contribution in [3.05, 3.63) is 53.6 Å². The van der Waals surface area contributed by atoms with Gasteiger partial charge in [0, 0.05) is 18.9 Å². The predicted octanol–water partition coefficient (Wildman–Crippen LogP) is 2.89. The first kappa shape index (κ1) is 34.9. The zero-order valence-corrected chi connectivity index (χ0v) is 27.7. The molecule has 49 heavy (non-hydrogen) atoms. The summed E-state index contributed by atoms with van der Waals surface area (Å²) in [4.78, 5) is 56.3. The van der Waals surface area contributed by atoms with E-state index in [1.54, 1.807) is 0 Å². The van der Waals surface area contributed by atoms with E-state index in [9.17, 15) is 40.8 Å². The number of allylic oxidation sites excluding steroid dienone is 1. The van der Waals surface area contributed by atoms with Gasteiger partial charge in [0.15, 0.2) is 6.04 Å². The number of carbonyl (C=O) groups is 4. The Morgan fingerprint density at radius 3 is 2.59 bits per heavy atom. The highest BCUT2D eigenvalue weighted by molar-refractivity contribution is 7.91. The van der Waals surface area contributed by atoms with Crippen molar-refractivity contribution in [1.82, 2.24) is 25.2 Å². The van der Waals surface area contributed by atoms with Gasteiger partial charge in [0.25, 0.3) is 5.91 Å². The van der Waals surface area contributed by atoms with Crippen LogP contribution < -0.4 is 15.4 Å². The van der Waals surface area contributed by atoms with E-state index in [1.807, 2.05) is 35.1 Å². The molecule has 12 nitrogen and oxygen atoms in total. The van der Waals surface area contributed by atoms with Crippen molar-refractivity contribution in [2.75, 3.05) is 13.1 Å². The fraction of sp³-hybridized carbons (Fsp3) is 0.576. The van der Waals surface area contributed by atoms with Gasteiger partial charge in [0.2, 0.25) is 21.8 Å². The van der Waals surface area contributed by atoms with Crippen LogP contribution in [0.25, 0.3) is 6.08 Å². The zero-order valence-electron chi connectivity index (χ0n) is 26.8. The number of ether oxygens (including phenoxy) is 1. The molecular weight excluding hydrogens is 667 g/mol. The lowest BCUT2D eigenvalue weighted by molar-refractivity contribution is -0.177. The van der Waals surface area contributed by atoms with Gasteiger partial charge < -0.3 is 15.0 Å². The van der Waals surface area contributed by atoms with E-state index in [2.05, 4.69) is 17.2 Å². The maximum absolute atomic E-state index is 14.3. The number of hydrogen-bond acceptors (Lipinski definition) is 8. The summed E-state index contributed by atoms with van der Waals surface area (Å²) < 4.78 is 75.8. The van der Waals surface area contributed by atoms with Crippen LogP contribution in [0.2, 0.25) is 0 Å². The van der Waals surface area contributed by atoms with E-state index in [1.165, 1.54) is 11.0 Å². The van der Waals surface area contributed by atoms with Crippen LogP contribution in [0, 0.1) is 5.92 Å². The smallest absolute Gasteiger partial charge is 0.412 e. The Morgan fingerprint density at radius 1 is 1.12 bits per heavy atom. The first-order chi connectivity index (χ1) is 23.2. The van der Waals surface area contributed by atoms with Crippen molar-refractivity contribution in [2.45, 2.75) is 99.6 Å². The minimum absolute atomic E-state index is 0.00671. The summed E-state index contributed by atoms with van der Waals surface area (Å²) in [6.45, 7) is 3.55. The molecule has 0 radical (unpaired) electrons. The fourth-order valence-corrected chi connectivity index (χ4v) is 8.24. The molecule has 6 rings (SSSR count). The molecule has 3 aliphatic heterocycles. The van der Waals surface area contributed by atoms with Crippen molar-refractivity contribution in [3.8, 4) is 0 Å². The topological polar surface area (TPSA) is 154 Å². The third kappa shape index (κ3) is 7.35. The maximum atomic E-state index is 14.3. The molecule has 1 aromatic rings. The normalized spacial score (nSPS) is 30.0.